The molecule has 0 heterocycles. The number of hydrogen-bond donors (Lipinski definition) is 2. The lowest BCUT2D eigenvalue weighted by atomic mass is 10.3. The van der Waals surface area contributed by atoms with E-state index in [1.807, 2.05) is 0 Å². The van der Waals surface area contributed by atoms with Crippen molar-refractivity contribution in [2.75, 3.05) is 13.6 Å². The van der Waals surface area contributed by atoms with E-state index in [9.17, 15) is 4.79 Å². The Balaban J connectivity index is 3.71. The van der Waals surface area contributed by atoms with Crippen LogP contribution < -0.4 is 5.73 Å². The molecule has 5 nitrogen and oxygen atoms in total. The first-order valence-corrected chi connectivity index (χ1v) is 3.82. The molecule has 0 aromatic carbocycles. The number of carbonyl (C=O) groups excluding carboxylic acids is 1. The summed E-state index contributed by atoms with van der Waals surface area (Å²) in [6, 6.07) is 0. The molecule has 0 bridgehead atoms. The van der Waals surface area contributed by atoms with Crippen molar-refractivity contribution in [1.82, 2.24) is 4.90 Å². The number of nitrogens with zero attached hydrogens (tertiary/aromatic N) is 2. The summed E-state index contributed by atoms with van der Waals surface area (Å²) in [6.07, 6.45) is 0.880. The van der Waals surface area contributed by atoms with Gasteiger partial charge in [-0.25, -0.2) is 0 Å². The van der Waals surface area contributed by atoms with Gasteiger partial charge in [0.25, 0.3) is 0 Å². The number of oxime groups is 1. The van der Waals surface area contributed by atoms with E-state index in [2.05, 4.69) is 5.16 Å². The molecule has 5 heteroatoms. The van der Waals surface area contributed by atoms with Crippen LogP contribution in [0.3, 0.4) is 0 Å². The molecule has 0 radical (unpaired) electrons. The van der Waals surface area contributed by atoms with Crippen molar-refractivity contribution in [3.63, 3.8) is 0 Å². The fraction of sp³-hybridized carbons (Fsp3) is 0.714. The van der Waals surface area contributed by atoms with E-state index in [0.717, 1.165) is 0 Å². The first kappa shape index (κ1) is 10.7. The average molecular weight is 173 g/mol. The summed E-state index contributed by atoms with van der Waals surface area (Å²) in [5.74, 6) is 0.200. The number of carbonyl (C=O) groups is 1. The van der Waals surface area contributed by atoms with Gasteiger partial charge in [-0.3, -0.25) is 4.79 Å². The van der Waals surface area contributed by atoms with Gasteiger partial charge in [0.05, 0.1) is 0 Å². The highest BCUT2D eigenvalue weighted by Crippen LogP contribution is 1.91. The summed E-state index contributed by atoms with van der Waals surface area (Å²) < 4.78 is 0. The van der Waals surface area contributed by atoms with E-state index in [1.54, 1.807) is 18.9 Å². The molecule has 0 aromatic heterocycles. The summed E-state index contributed by atoms with van der Waals surface area (Å²) in [5, 5.41) is 11.0. The van der Waals surface area contributed by atoms with Gasteiger partial charge in [0.1, 0.15) is 5.84 Å². The third-order valence-corrected chi connectivity index (χ3v) is 1.56. The molecule has 0 fully saturated rings. The molecular formula is C7H15N3O2. The normalized spacial score (nSPS) is 11.3. The van der Waals surface area contributed by atoms with Crippen LogP contribution in [0.1, 0.15) is 19.8 Å². The van der Waals surface area contributed by atoms with E-state index in [0.29, 0.717) is 19.4 Å². The molecule has 0 unspecified atom stereocenters. The van der Waals surface area contributed by atoms with Crippen LogP contribution in [0, 0.1) is 0 Å². The molecule has 1 amide bonds. The van der Waals surface area contributed by atoms with Gasteiger partial charge in [0.2, 0.25) is 5.91 Å². The molecule has 0 saturated heterocycles. The topological polar surface area (TPSA) is 78.9 Å². The van der Waals surface area contributed by atoms with Crippen molar-refractivity contribution in [3.05, 3.63) is 0 Å². The number of hydrogen-bond acceptors (Lipinski definition) is 3. The first-order chi connectivity index (χ1) is 5.61. The fourth-order valence-corrected chi connectivity index (χ4v) is 0.727. The second-order valence-electron chi connectivity index (χ2n) is 2.51. The summed E-state index contributed by atoms with van der Waals surface area (Å²) in [6.45, 7) is 2.28. The minimum atomic E-state index is 0.0562. The Morgan fingerprint density at radius 2 is 2.25 bits per heavy atom. The van der Waals surface area contributed by atoms with Gasteiger partial charge < -0.3 is 15.8 Å². The van der Waals surface area contributed by atoms with E-state index in [1.165, 1.54) is 0 Å². The van der Waals surface area contributed by atoms with Crippen molar-refractivity contribution < 1.29 is 10.0 Å². The molecule has 70 valence electrons. The van der Waals surface area contributed by atoms with Crippen molar-refractivity contribution in [2.24, 2.45) is 10.9 Å². The minimum absolute atomic E-state index is 0.0562. The highest BCUT2D eigenvalue weighted by molar-refractivity contribution is 5.81. The van der Waals surface area contributed by atoms with E-state index < -0.39 is 0 Å². The zero-order valence-electron chi connectivity index (χ0n) is 7.45. The van der Waals surface area contributed by atoms with E-state index in [4.69, 9.17) is 10.9 Å². The van der Waals surface area contributed by atoms with Crippen LogP contribution >= 0.6 is 0 Å². The maximum Gasteiger partial charge on any atom is 0.222 e. The van der Waals surface area contributed by atoms with Gasteiger partial charge in [-0.2, -0.15) is 0 Å². The predicted molar refractivity (Wildman–Crippen MR) is 46.0 cm³/mol. The maximum atomic E-state index is 11.0. The van der Waals surface area contributed by atoms with Gasteiger partial charge in [-0.15, -0.1) is 0 Å². The van der Waals surface area contributed by atoms with Crippen LogP contribution in [0.5, 0.6) is 0 Å². The third kappa shape index (κ3) is 3.80. The monoisotopic (exact) mass is 173 g/mol. The summed E-state index contributed by atoms with van der Waals surface area (Å²) in [5.41, 5.74) is 5.22. The molecule has 0 spiro atoms. The molecular weight excluding hydrogens is 158 g/mol. The van der Waals surface area contributed by atoms with Crippen LogP contribution in [0.2, 0.25) is 0 Å². The van der Waals surface area contributed by atoms with Crippen molar-refractivity contribution in [1.29, 1.82) is 0 Å². The molecule has 3 N–H and O–H groups in total. The predicted octanol–water partition coefficient (Wildman–Crippen LogP) is -0.00870. The molecule has 0 atom stereocenters. The molecule has 0 rings (SSSR count). The Bertz CT molecular complexity index is 179. The Labute approximate surface area is 71.8 Å². The van der Waals surface area contributed by atoms with Crippen molar-refractivity contribution in [3.8, 4) is 0 Å². The second kappa shape index (κ2) is 5.40. The lowest BCUT2D eigenvalue weighted by Crippen LogP contribution is -2.29. The van der Waals surface area contributed by atoms with Gasteiger partial charge >= 0.3 is 0 Å². The third-order valence-electron chi connectivity index (χ3n) is 1.56. The Morgan fingerprint density at radius 3 is 2.67 bits per heavy atom. The molecule has 0 saturated carbocycles. The van der Waals surface area contributed by atoms with Gasteiger partial charge in [-0.1, -0.05) is 12.1 Å². The smallest absolute Gasteiger partial charge is 0.222 e. The zero-order chi connectivity index (χ0) is 9.56. The number of rotatable bonds is 4. The quantitative estimate of drug-likeness (QED) is 0.271. The Morgan fingerprint density at radius 1 is 1.67 bits per heavy atom. The molecule has 0 aliphatic rings. The lowest BCUT2D eigenvalue weighted by molar-refractivity contribution is -0.129. The number of amidine groups is 1. The minimum Gasteiger partial charge on any atom is -0.409 e. The van der Waals surface area contributed by atoms with E-state index >= 15 is 0 Å². The highest BCUT2D eigenvalue weighted by atomic mass is 16.4. The van der Waals surface area contributed by atoms with Crippen LogP contribution in [0.4, 0.5) is 0 Å². The van der Waals surface area contributed by atoms with Crippen molar-refractivity contribution in [2.45, 2.75) is 19.8 Å². The molecule has 12 heavy (non-hydrogen) atoms. The van der Waals surface area contributed by atoms with Crippen molar-refractivity contribution >= 4 is 11.7 Å². The van der Waals surface area contributed by atoms with Crippen LogP contribution in [-0.4, -0.2) is 35.4 Å². The van der Waals surface area contributed by atoms with Crippen LogP contribution in [0.15, 0.2) is 5.16 Å². The van der Waals surface area contributed by atoms with Gasteiger partial charge in [0.15, 0.2) is 0 Å². The Hall–Kier alpha value is -1.26. The van der Waals surface area contributed by atoms with E-state index in [-0.39, 0.29) is 11.7 Å². The maximum absolute atomic E-state index is 11.0. The molecule has 0 aliphatic carbocycles. The van der Waals surface area contributed by atoms with Crippen LogP contribution in [0.25, 0.3) is 0 Å². The summed E-state index contributed by atoms with van der Waals surface area (Å²) in [4.78, 5) is 12.5. The van der Waals surface area contributed by atoms with Crippen LogP contribution in [-0.2, 0) is 4.79 Å². The van der Waals surface area contributed by atoms with Gasteiger partial charge in [0, 0.05) is 26.4 Å². The van der Waals surface area contributed by atoms with Gasteiger partial charge in [-0.05, 0) is 0 Å². The average Bonchev–Trinajstić information content (AvgIpc) is 2.11. The standard InChI is InChI=1S/C7H15N3O2/c1-3-7(11)10(2)5-4-6(8)9-12/h12H,3-5H2,1-2H3,(H2,8,9). The largest absolute Gasteiger partial charge is 0.409 e. The summed E-state index contributed by atoms with van der Waals surface area (Å²) >= 11 is 0. The second-order valence-corrected chi connectivity index (χ2v) is 2.51. The fourth-order valence-electron chi connectivity index (χ4n) is 0.727. The number of nitrogens with two attached hydrogens (primary N) is 1. The Kier molecular flexibility index (Phi) is 4.83. The summed E-state index contributed by atoms with van der Waals surface area (Å²) in [7, 11) is 1.69. The molecule has 0 aliphatic heterocycles. The molecule has 0 aromatic rings. The highest BCUT2D eigenvalue weighted by Gasteiger charge is 2.05. The lowest BCUT2D eigenvalue weighted by Gasteiger charge is -2.14. The zero-order valence-corrected chi connectivity index (χ0v) is 7.45. The number of amides is 1. The first-order valence-electron chi connectivity index (χ1n) is 3.82. The SMILES string of the molecule is CCC(=O)N(C)CC/C(N)=N/O.